The molecule has 0 fully saturated rings. The molecule has 0 saturated heterocycles. The Kier molecular flexibility index (Phi) is 7.75. The van der Waals surface area contributed by atoms with Crippen molar-refractivity contribution in [2.75, 3.05) is 19.6 Å². The highest BCUT2D eigenvalue weighted by atomic mass is 16.2. The first-order valence-corrected chi connectivity index (χ1v) is 8.19. The molecule has 0 heterocycles. The van der Waals surface area contributed by atoms with E-state index in [2.05, 4.69) is 43.2 Å². The Morgan fingerprint density at radius 3 is 2.22 bits per heavy atom. The molecule has 0 saturated carbocycles. The average Bonchev–Trinajstić information content (AvgIpc) is 2.48. The standard InChI is InChI=1S/C18H29N3O2/c1-13(2)21(14(3)4)11-10-19-17(22)12-20-18(23)16-9-7-6-8-15(16)5/h6-9,13-14H,10-12H2,1-5H3,(H,19,22)(H,20,23). The van der Waals surface area contributed by atoms with Crippen LogP contribution < -0.4 is 10.6 Å². The maximum atomic E-state index is 12.0. The molecule has 1 aromatic rings. The molecular formula is C18H29N3O2. The number of rotatable bonds is 8. The van der Waals surface area contributed by atoms with Crippen molar-refractivity contribution in [3.05, 3.63) is 35.4 Å². The third kappa shape index (κ3) is 6.40. The molecule has 1 rings (SSSR count). The van der Waals surface area contributed by atoms with E-state index < -0.39 is 0 Å². The van der Waals surface area contributed by atoms with Crippen LogP contribution in [0.25, 0.3) is 0 Å². The van der Waals surface area contributed by atoms with Crippen LogP contribution in [0, 0.1) is 6.92 Å². The van der Waals surface area contributed by atoms with Gasteiger partial charge < -0.3 is 10.6 Å². The molecule has 2 amide bonds. The minimum Gasteiger partial charge on any atom is -0.353 e. The van der Waals surface area contributed by atoms with Gasteiger partial charge in [-0.05, 0) is 46.2 Å². The van der Waals surface area contributed by atoms with E-state index in [-0.39, 0.29) is 18.4 Å². The van der Waals surface area contributed by atoms with Crippen molar-refractivity contribution in [2.45, 2.75) is 46.7 Å². The number of amides is 2. The minimum absolute atomic E-state index is 0.00345. The van der Waals surface area contributed by atoms with E-state index in [0.29, 0.717) is 24.2 Å². The van der Waals surface area contributed by atoms with Gasteiger partial charge in [0.25, 0.3) is 5.91 Å². The summed E-state index contributed by atoms with van der Waals surface area (Å²) >= 11 is 0. The van der Waals surface area contributed by atoms with Gasteiger partial charge in [-0.25, -0.2) is 0 Å². The van der Waals surface area contributed by atoms with Gasteiger partial charge in [-0.15, -0.1) is 0 Å². The van der Waals surface area contributed by atoms with Crippen LogP contribution in [0.5, 0.6) is 0 Å². The molecule has 0 spiro atoms. The van der Waals surface area contributed by atoms with E-state index in [1.54, 1.807) is 6.07 Å². The lowest BCUT2D eigenvalue weighted by Gasteiger charge is -2.30. The summed E-state index contributed by atoms with van der Waals surface area (Å²) in [7, 11) is 0. The number of nitrogens with zero attached hydrogens (tertiary/aromatic N) is 1. The van der Waals surface area contributed by atoms with Crippen molar-refractivity contribution >= 4 is 11.8 Å². The first kappa shape index (κ1) is 19.2. The maximum absolute atomic E-state index is 12.0. The fourth-order valence-corrected chi connectivity index (χ4v) is 2.58. The van der Waals surface area contributed by atoms with Crippen molar-refractivity contribution in [1.82, 2.24) is 15.5 Å². The topological polar surface area (TPSA) is 61.4 Å². The van der Waals surface area contributed by atoms with Crippen LogP contribution >= 0.6 is 0 Å². The molecule has 0 aliphatic heterocycles. The molecule has 2 N–H and O–H groups in total. The van der Waals surface area contributed by atoms with Gasteiger partial charge in [0.05, 0.1) is 6.54 Å². The Labute approximate surface area is 139 Å². The Bertz CT molecular complexity index is 519. The second kappa shape index (κ2) is 9.30. The normalized spacial score (nSPS) is 11.1. The molecule has 1 aromatic carbocycles. The summed E-state index contributed by atoms with van der Waals surface area (Å²) in [6.45, 7) is 11.8. The summed E-state index contributed by atoms with van der Waals surface area (Å²) in [6.07, 6.45) is 0. The maximum Gasteiger partial charge on any atom is 0.251 e. The van der Waals surface area contributed by atoms with E-state index in [1.807, 2.05) is 25.1 Å². The highest BCUT2D eigenvalue weighted by Gasteiger charge is 2.13. The van der Waals surface area contributed by atoms with Crippen LogP contribution in [0.3, 0.4) is 0 Å². The van der Waals surface area contributed by atoms with Crippen molar-refractivity contribution < 1.29 is 9.59 Å². The number of carbonyl (C=O) groups is 2. The summed E-state index contributed by atoms with van der Waals surface area (Å²) in [6, 6.07) is 8.20. The number of benzene rings is 1. The number of hydrogen-bond donors (Lipinski definition) is 2. The van der Waals surface area contributed by atoms with Gasteiger partial charge in [-0.1, -0.05) is 18.2 Å². The highest BCUT2D eigenvalue weighted by Crippen LogP contribution is 2.06. The quantitative estimate of drug-likeness (QED) is 0.770. The third-order valence-electron chi connectivity index (χ3n) is 3.82. The first-order chi connectivity index (χ1) is 10.8. The molecule has 0 atom stereocenters. The largest absolute Gasteiger partial charge is 0.353 e. The van der Waals surface area contributed by atoms with Crippen molar-refractivity contribution in [3.63, 3.8) is 0 Å². The Morgan fingerprint density at radius 2 is 1.65 bits per heavy atom. The zero-order valence-corrected chi connectivity index (χ0v) is 14.8. The third-order valence-corrected chi connectivity index (χ3v) is 3.82. The highest BCUT2D eigenvalue weighted by molar-refractivity contribution is 5.97. The minimum atomic E-state index is -0.218. The number of aryl methyl sites for hydroxylation is 1. The van der Waals surface area contributed by atoms with E-state index >= 15 is 0 Å². The lowest BCUT2D eigenvalue weighted by molar-refractivity contribution is -0.120. The molecule has 0 radical (unpaired) electrons. The summed E-state index contributed by atoms with van der Waals surface area (Å²) in [5.41, 5.74) is 1.50. The van der Waals surface area contributed by atoms with Crippen LogP contribution in [0.4, 0.5) is 0 Å². The molecule has 0 unspecified atom stereocenters. The van der Waals surface area contributed by atoms with E-state index in [9.17, 15) is 9.59 Å². The molecule has 23 heavy (non-hydrogen) atoms. The van der Waals surface area contributed by atoms with Gasteiger partial charge in [0.2, 0.25) is 5.91 Å². The summed E-state index contributed by atoms with van der Waals surface area (Å²) in [4.78, 5) is 26.2. The smallest absolute Gasteiger partial charge is 0.251 e. The summed E-state index contributed by atoms with van der Waals surface area (Å²) < 4.78 is 0. The van der Waals surface area contributed by atoms with Gasteiger partial charge in [0.15, 0.2) is 0 Å². The van der Waals surface area contributed by atoms with E-state index in [1.165, 1.54) is 0 Å². The molecule has 128 valence electrons. The van der Waals surface area contributed by atoms with Crippen LogP contribution in [0.15, 0.2) is 24.3 Å². The lowest BCUT2D eigenvalue weighted by Crippen LogP contribution is -2.44. The number of carbonyl (C=O) groups excluding carboxylic acids is 2. The van der Waals surface area contributed by atoms with Crippen molar-refractivity contribution in [1.29, 1.82) is 0 Å². The van der Waals surface area contributed by atoms with Crippen molar-refractivity contribution in [2.24, 2.45) is 0 Å². The number of nitrogens with one attached hydrogen (secondary N) is 2. The zero-order valence-electron chi connectivity index (χ0n) is 14.8. The second-order valence-corrected chi connectivity index (χ2v) is 6.27. The Morgan fingerprint density at radius 1 is 1.04 bits per heavy atom. The van der Waals surface area contributed by atoms with Gasteiger partial charge in [-0.2, -0.15) is 0 Å². The first-order valence-electron chi connectivity index (χ1n) is 8.19. The molecule has 5 nitrogen and oxygen atoms in total. The molecule has 0 bridgehead atoms. The SMILES string of the molecule is Cc1ccccc1C(=O)NCC(=O)NCCN(C(C)C)C(C)C. The fraction of sp³-hybridized carbons (Fsp3) is 0.556. The zero-order chi connectivity index (χ0) is 17.4. The van der Waals surface area contributed by atoms with E-state index in [4.69, 9.17) is 0 Å². The van der Waals surface area contributed by atoms with Crippen LogP contribution in [-0.2, 0) is 4.79 Å². The summed E-state index contributed by atoms with van der Waals surface area (Å²) in [5.74, 6) is -0.386. The Hall–Kier alpha value is -1.88. The van der Waals surface area contributed by atoms with Gasteiger partial charge in [0, 0.05) is 30.7 Å². The molecule has 0 aliphatic rings. The second-order valence-electron chi connectivity index (χ2n) is 6.27. The van der Waals surface area contributed by atoms with Crippen LogP contribution in [0.1, 0.15) is 43.6 Å². The molecule has 0 aromatic heterocycles. The Balaban J connectivity index is 2.35. The summed E-state index contributed by atoms with van der Waals surface area (Å²) in [5, 5.41) is 5.51. The molecule has 0 aliphatic carbocycles. The van der Waals surface area contributed by atoms with Crippen LogP contribution in [0.2, 0.25) is 0 Å². The van der Waals surface area contributed by atoms with Gasteiger partial charge >= 0.3 is 0 Å². The number of hydrogen-bond acceptors (Lipinski definition) is 3. The van der Waals surface area contributed by atoms with Gasteiger partial charge in [0.1, 0.15) is 0 Å². The predicted molar refractivity (Wildman–Crippen MR) is 93.5 cm³/mol. The van der Waals surface area contributed by atoms with Crippen LogP contribution in [-0.4, -0.2) is 48.4 Å². The van der Waals surface area contributed by atoms with E-state index in [0.717, 1.165) is 12.1 Å². The predicted octanol–water partition coefficient (Wildman–Crippen LogP) is 1.96. The fourth-order valence-electron chi connectivity index (χ4n) is 2.58. The molecule has 5 heteroatoms. The van der Waals surface area contributed by atoms with Crippen molar-refractivity contribution in [3.8, 4) is 0 Å². The monoisotopic (exact) mass is 319 g/mol. The average molecular weight is 319 g/mol. The van der Waals surface area contributed by atoms with Gasteiger partial charge in [-0.3, -0.25) is 14.5 Å². The lowest BCUT2D eigenvalue weighted by atomic mass is 10.1. The molecular weight excluding hydrogens is 290 g/mol.